The molecule has 0 aliphatic heterocycles. The van der Waals surface area contributed by atoms with E-state index in [2.05, 4.69) is 27.4 Å². The van der Waals surface area contributed by atoms with E-state index < -0.39 is 17.5 Å². The van der Waals surface area contributed by atoms with Crippen LogP contribution in [0.25, 0.3) is 0 Å². The number of para-hydroxylation sites is 1. The first-order valence-corrected chi connectivity index (χ1v) is 10.2. The van der Waals surface area contributed by atoms with Crippen molar-refractivity contribution in [1.29, 1.82) is 0 Å². The van der Waals surface area contributed by atoms with Crippen LogP contribution >= 0.6 is 11.8 Å². The van der Waals surface area contributed by atoms with E-state index in [1.165, 1.54) is 36.4 Å². The minimum absolute atomic E-state index is 0.00716. The maximum absolute atomic E-state index is 13.7. The second kappa shape index (κ2) is 10.5. The Morgan fingerprint density at radius 3 is 2.61 bits per heavy atom. The molecule has 7 nitrogen and oxygen atoms in total. The number of carbonyl (C=O) groups excluding carboxylic acids is 2. The summed E-state index contributed by atoms with van der Waals surface area (Å²) < 4.78 is 28.6. The van der Waals surface area contributed by atoms with E-state index >= 15 is 0 Å². The summed E-state index contributed by atoms with van der Waals surface area (Å²) in [6, 6.07) is 11.4. The molecule has 2 aromatic carbocycles. The van der Waals surface area contributed by atoms with Crippen LogP contribution < -0.4 is 10.6 Å². The number of amides is 2. The highest BCUT2D eigenvalue weighted by molar-refractivity contribution is 7.99. The van der Waals surface area contributed by atoms with Gasteiger partial charge in [0.05, 0.1) is 17.9 Å². The molecule has 0 aliphatic carbocycles. The highest BCUT2D eigenvalue weighted by atomic mass is 32.2. The standard InChI is InChI=1S/C21H19F2N5O2S/c1-2-10-28-18(12-19(29)25-17-9-4-3-8-16(17)23)26-27-21(28)31-13-20(30)24-15-7-5-6-14(22)11-15/h2-9,11H,1,10,12-13H2,(H,24,30)(H,25,29). The van der Waals surface area contributed by atoms with Crippen molar-refractivity contribution in [3.63, 3.8) is 0 Å². The topological polar surface area (TPSA) is 88.9 Å². The fourth-order valence-electron chi connectivity index (χ4n) is 2.66. The second-order valence-corrected chi connectivity index (χ2v) is 7.29. The van der Waals surface area contributed by atoms with Crippen LogP contribution in [0.15, 0.2) is 66.3 Å². The zero-order valence-corrected chi connectivity index (χ0v) is 17.2. The third-order valence-corrected chi connectivity index (χ3v) is 4.98. The Balaban J connectivity index is 1.63. The van der Waals surface area contributed by atoms with Crippen molar-refractivity contribution in [3.8, 4) is 0 Å². The lowest BCUT2D eigenvalue weighted by Crippen LogP contribution is -2.18. The lowest BCUT2D eigenvalue weighted by Gasteiger charge is -2.09. The van der Waals surface area contributed by atoms with Gasteiger partial charge in [0.15, 0.2) is 5.16 Å². The summed E-state index contributed by atoms with van der Waals surface area (Å²) in [6.45, 7) is 4.01. The smallest absolute Gasteiger partial charge is 0.234 e. The first-order chi connectivity index (χ1) is 15.0. The van der Waals surface area contributed by atoms with Crippen molar-refractivity contribution in [1.82, 2.24) is 14.8 Å². The van der Waals surface area contributed by atoms with Gasteiger partial charge in [0.25, 0.3) is 0 Å². The number of allylic oxidation sites excluding steroid dienone is 1. The van der Waals surface area contributed by atoms with Crippen LogP contribution in [0.5, 0.6) is 0 Å². The molecule has 0 spiro atoms. The third kappa shape index (κ3) is 6.22. The predicted molar refractivity (Wildman–Crippen MR) is 115 cm³/mol. The third-order valence-electron chi connectivity index (χ3n) is 4.01. The second-order valence-electron chi connectivity index (χ2n) is 6.35. The maximum Gasteiger partial charge on any atom is 0.234 e. The Labute approximate surface area is 181 Å². The molecule has 0 bridgehead atoms. The number of nitrogens with one attached hydrogen (secondary N) is 2. The molecule has 31 heavy (non-hydrogen) atoms. The summed E-state index contributed by atoms with van der Waals surface area (Å²) >= 11 is 1.12. The molecule has 0 aliphatic rings. The molecule has 1 heterocycles. The number of aromatic nitrogens is 3. The van der Waals surface area contributed by atoms with Crippen LogP contribution in [-0.4, -0.2) is 32.3 Å². The largest absolute Gasteiger partial charge is 0.325 e. The monoisotopic (exact) mass is 443 g/mol. The number of hydrogen-bond donors (Lipinski definition) is 2. The van der Waals surface area contributed by atoms with Gasteiger partial charge >= 0.3 is 0 Å². The van der Waals surface area contributed by atoms with E-state index in [1.807, 2.05) is 0 Å². The number of thioether (sulfide) groups is 1. The van der Waals surface area contributed by atoms with Gasteiger partial charge in [-0.15, -0.1) is 16.8 Å². The maximum atomic E-state index is 13.7. The molecule has 0 saturated carbocycles. The molecule has 1 aromatic heterocycles. The predicted octanol–water partition coefficient (Wildman–Crippen LogP) is 3.65. The van der Waals surface area contributed by atoms with Gasteiger partial charge in [-0.2, -0.15) is 0 Å². The van der Waals surface area contributed by atoms with E-state index in [4.69, 9.17) is 0 Å². The van der Waals surface area contributed by atoms with E-state index in [-0.39, 0.29) is 23.8 Å². The molecule has 0 unspecified atom stereocenters. The fourth-order valence-corrected chi connectivity index (χ4v) is 3.43. The summed E-state index contributed by atoms with van der Waals surface area (Å²) in [5.74, 6) is -1.43. The van der Waals surface area contributed by atoms with E-state index in [0.29, 0.717) is 23.2 Å². The van der Waals surface area contributed by atoms with E-state index in [1.54, 1.807) is 22.8 Å². The summed E-state index contributed by atoms with van der Waals surface area (Å²) in [5, 5.41) is 13.6. The number of halogens is 2. The van der Waals surface area contributed by atoms with Gasteiger partial charge in [-0.25, -0.2) is 8.78 Å². The summed E-state index contributed by atoms with van der Waals surface area (Å²) in [5.41, 5.74) is 0.426. The van der Waals surface area contributed by atoms with Gasteiger partial charge in [0.1, 0.15) is 17.5 Å². The highest BCUT2D eigenvalue weighted by Gasteiger charge is 2.17. The molecule has 3 aromatic rings. The molecule has 160 valence electrons. The van der Waals surface area contributed by atoms with Gasteiger partial charge in [-0.3, -0.25) is 9.59 Å². The molecule has 10 heteroatoms. The number of rotatable bonds is 9. The normalized spacial score (nSPS) is 10.5. The van der Waals surface area contributed by atoms with Gasteiger partial charge in [0, 0.05) is 12.2 Å². The zero-order valence-electron chi connectivity index (χ0n) is 16.3. The van der Waals surface area contributed by atoms with Crippen molar-refractivity contribution in [2.75, 3.05) is 16.4 Å². The van der Waals surface area contributed by atoms with Crippen LogP contribution in [0.4, 0.5) is 20.2 Å². The molecule has 0 saturated heterocycles. The fraction of sp³-hybridized carbons (Fsp3) is 0.143. The van der Waals surface area contributed by atoms with Crippen LogP contribution in [0.3, 0.4) is 0 Å². The first kappa shape index (κ1) is 22.2. The van der Waals surface area contributed by atoms with E-state index in [9.17, 15) is 18.4 Å². The van der Waals surface area contributed by atoms with Crippen molar-refractivity contribution < 1.29 is 18.4 Å². The lowest BCUT2D eigenvalue weighted by atomic mass is 10.3. The minimum Gasteiger partial charge on any atom is -0.325 e. The Hall–Kier alpha value is -3.53. The van der Waals surface area contributed by atoms with Crippen molar-refractivity contribution in [2.24, 2.45) is 0 Å². The van der Waals surface area contributed by atoms with Crippen LogP contribution in [0.1, 0.15) is 5.82 Å². The molecule has 0 fully saturated rings. The number of carbonyl (C=O) groups is 2. The van der Waals surface area contributed by atoms with Gasteiger partial charge in [0.2, 0.25) is 11.8 Å². The quantitative estimate of drug-likeness (QED) is 0.389. The average molecular weight is 443 g/mol. The highest BCUT2D eigenvalue weighted by Crippen LogP contribution is 2.19. The first-order valence-electron chi connectivity index (χ1n) is 9.22. The minimum atomic E-state index is -0.538. The number of hydrogen-bond acceptors (Lipinski definition) is 5. The van der Waals surface area contributed by atoms with Crippen LogP contribution in [-0.2, 0) is 22.6 Å². The molecule has 3 rings (SSSR count). The van der Waals surface area contributed by atoms with Crippen molar-refractivity contribution in [2.45, 2.75) is 18.1 Å². The molecule has 2 N–H and O–H groups in total. The van der Waals surface area contributed by atoms with Gasteiger partial charge in [-0.05, 0) is 30.3 Å². The summed E-state index contributed by atoms with van der Waals surface area (Å²) in [4.78, 5) is 24.5. The van der Waals surface area contributed by atoms with Gasteiger partial charge in [-0.1, -0.05) is 36.0 Å². The Morgan fingerprint density at radius 2 is 1.87 bits per heavy atom. The summed E-state index contributed by atoms with van der Waals surface area (Å²) in [7, 11) is 0. The molecule has 0 atom stereocenters. The molecular formula is C21H19F2N5O2S. The average Bonchev–Trinajstić information content (AvgIpc) is 3.10. The zero-order chi connectivity index (χ0) is 22.2. The Morgan fingerprint density at radius 1 is 1.06 bits per heavy atom. The Bertz CT molecular complexity index is 1100. The lowest BCUT2D eigenvalue weighted by molar-refractivity contribution is -0.116. The number of anilines is 2. The van der Waals surface area contributed by atoms with Crippen molar-refractivity contribution in [3.05, 3.63) is 78.6 Å². The number of benzene rings is 2. The molecule has 2 amide bonds. The SMILES string of the molecule is C=CCn1c(CC(=O)Nc2ccccc2F)nnc1SCC(=O)Nc1cccc(F)c1. The van der Waals surface area contributed by atoms with Gasteiger partial charge < -0.3 is 15.2 Å². The van der Waals surface area contributed by atoms with Crippen LogP contribution in [0.2, 0.25) is 0 Å². The number of nitrogens with zero attached hydrogens (tertiary/aromatic N) is 3. The van der Waals surface area contributed by atoms with E-state index in [0.717, 1.165) is 11.8 Å². The molecular weight excluding hydrogens is 424 g/mol. The van der Waals surface area contributed by atoms with Crippen LogP contribution in [0, 0.1) is 11.6 Å². The summed E-state index contributed by atoms with van der Waals surface area (Å²) in [6.07, 6.45) is 1.48. The Kier molecular flexibility index (Phi) is 7.50. The van der Waals surface area contributed by atoms with Crippen molar-refractivity contribution >= 4 is 35.0 Å². The molecule has 0 radical (unpaired) electrons.